The third-order valence-corrected chi connectivity index (χ3v) is 4.59. The van der Waals surface area contributed by atoms with E-state index in [4.69, 9.17) is 0 Å². The molecule has 128 valence electrons. The Hall–Kier alpha value is -1.19. The molecule has 0 saturated heterocycles. The Morgan fingerprint density at radius 1 is 1.00 bits per heavy atom. The summed E-state index contributed by atoms with van der Waals surface area (Å²) in [7, 11) is 1.10. The van der Waals surface area contributed by atoms with Crippen molar-refractivity contribution in [3.63, 3.8) is 0 Å². The van der Waals surface area contributed by atoms with Gasteiger partial charge in [-0.3, -0.25) is 9.59 Å². The number of nitrogens with one attached hydrogen (secondary N) is 2. The number of rotatable bonds is 7. The fourth-order valence-corrected chi connectivity index (χ4v) is 3.13. The van der Waals surface area contributed by atoms with E-state index in [-0.39, 0.29) is 11.6 Å². The maximum atomic E-state index is 12.1. The zero-order valence-corrected chi connectivity index (χ0v) is 14.8. The highest BCUT2D eigenvalue weighted by atomic mass is 16.1. The molecular weight excluding hydrogens is 286 g/mol. The molecule has 0 spiro atoms. The lowest BCUT2D eigenvalue weighted by atomic mass is 9.59. The van der Waals surface area contributed by atoms with Gasteiger partial charge in [0, 0.05) is 18.7 Å². The molecule has 0 bridgehead atoms. The molecule has 1 aliphatic carbocycles. The Bertz CT molecular complexity index is 379. The van der Waals surface area contributed by atoms with E-state index in [2.05, 4.69) is 17.2 Å². The van der Waals surface area contributed by atoms with Gasteiger partial charge < -0.3 is 10.6 Å². The lowest BCUT2D eigenvalue weighted by Crippen LogP contribution is -2.32. The molecule has 6 heteroatoms. The van der Waals surface area contributed by atoms with Crippen molar-refractivity contribution in [2.45, 2.75) is 76.8 Å². The van der Waals surface area contributed by atoms with Crippen LogP contribution in [0.1, 0.15) is 64.2 Å². The fourth-order valence-electron chi connectivity index (χ4n) is 3.13. The second-order valence-corrected chi connectivity index (χ2v) is 6.73. The standard InChI is InChI=1S/C17H32B2N2O2/c1-14(21-16(22)18-2)12-13-20-17(23)19-15-10-8-6-4-3-5-7-9-11-15/h15,18-19H,1,3-13H2,2H3,(H,20,23)(H,21,22). The molecule has 1 saturated carbocycles. The third kappa shape index (κ3) is 10.2. The second-order valence-electron chi connectivity index (χ2n) is 6.73. The number of hydrogen-bond acceptors (Lipinski definition) is 2. The SMILES string of the molecule is C=C(CCNC(=O)BC1CCCCCCCCC1)NC(=O)BC. The molecule has 0 radical (unpaired) electrons. The molecule has 1 rings (SSSR count). The van der Waals surface area contributed by atoms with Crippen molar-refractivity contribution >= 4 is 26.2 Å². The van der Waals surface area contributed by atoms with Gasteiger partial charge in [-0.15, -0.1) is 0 Å². The fraction of sp³-hybridized carbons (Fsp3) is 0.765. The second kappa shape index (κ2) is 12.3. The van der Waals surface area contributed by atoms with E-state index < -0.39 is 0 Å². The van der Waals surface area contributed by atoms with Gasteiger partial charge in [-0.2, -0.15) is 0 Å². The number of hydrogen-bond donors (Lipinski definition) is 2. The van der Waals surface area contributed by atoms with Gasteiger partial charge in [-0.1, -0.05) is 77.0 Å². The van der Waals surface area contributed by atoms with Gasteiger partial charge in [0.15, 0.2) is 11.6 Å². The summed E-state index contributed by atoms with van der Waals surface area (Å²) in [4.78, 5) is 23.3. The highest BCUT2D eigenvalue weighted by molar-refractivity contribution is 6.74. The predicted octanol–water partition coefficient (Wildman–Crippen LogP) is 3.54. The van der Waals surface area contributed by atoms with Crippen molar-refractivity contribution in [1.29, 1.82) is 0 Å². The zero-order chi connectivity index (χ0) is 16.9. The van der Waals surface area contributed by atoms with Crippen LogP contribution in [-0.4, -0.2) is 32.7 Å². The molecule has 0 heterocycles. The van der Waals surface area contributed by atoms with E-state index in [9.17, 15) is 9.59 Å². The molecule has 1 fully saturated rings. The topological polar surface area (TPSA) is 58.2 Å². The van der Waals surface area contributed by atoms with Gasteiger partial charge in [-0.05, 0) is 0 Å². The van der Waals surface area contributed by atoms with Crippen LogP contribution in [0.5, 0.6) is 0 Å². The summed E-state index contributed by atoms with van der Waals surface area (Å²) < 4.78 is 0. The van der Waals surface area contributed by atoms with E-state index >= 15 is 0 Å². The number of amides is 2. The van der Waals surface area contributed by atoms with Gasteiger partial charge in [0.2, 0.25) is 14.6 Å². The van der Waals surface area contributed by atoms with Crippen molar-refractivity contribution in [2.24, 2.45) is 0 Å². The van der Waals surface area contributed by atoms with E-state index in [0.29, 0.717) is 39.0 Å². The molecule has 4 nitrogen and oxygen atoms in total. The minimum absolute atomic E-state index is 0.0252. The van der Waals surface area contributed by atoms with Crippen LogP contribution in [0.25, 0.3) is 0 Å². The minimum Gasteiger partial charge on any atom is -0.365 e. The molecule has 2 amide bonds. The van der Waals surface area contributed by atoms with Gasteiger partial charge in [0.05, 0.1) is 0 Å². The first-order chi connectivity index (χ1) is 11.1. The summed E-state index contributed by atoms with van der Waals surface area (Å²) >= 11 is 0. The van der Waals surface area contributed by atoms with E-state index in [1.807, 2.05) is 6.82 Å². The van der Waals surface area contributed by atoms with Crippen LogP contribution in [0.3, 0.4) is 0 Å². The van der Waals surface area contributed by atoms with E-state index in [1.54, 1.807) is 0 Å². The molecule has 0 aromatic carbocycles. The maximum absolute atomic E-state index is 12.1. The van der Waals surface area contributed by atoms with Crippen LogP contribution in [0, 0.1) is 0 Å². The Balaban J connectivity index is 2.20. The van der Waals surface area contributed by atoms with Crippen molar-refractivity contribution in [3.8, 4) is 0 Å². The first kappa shape index (κ1) is 19.9. The molecule has 0 aromatic rings. The molecule has 1 aliphatic rings. The van der Waals surface area contributed by atoms with E-state index in [0.717, 1.165) is 0 Å². The van der Waals surface area contributed by atoms with Crippen LogP contribution < -0.4 is 10.6 Å². The van der Waals surface area contributed by atoms with Crippen LogP contribution in [0.15, 0.2) is 12.3 Å². The molecule has 0 unspecified atom stereocenters. The summed E-state index contributed by atoms with van der Waals surface area (Å²) in [6.45, 7) is 6.17. The van der Waals surface area contributed by atoms with Crippen molar-refractivity contribution in [3.05, 3.63) is 12.3 Å². The van der Waals surface area contributed by atoms with Crippen LogP contribution in [0.4, 0.5) is 9.59 Å². The van der Waals surface area contributed by atoms with Crippen molar-refractivity contribution in [2.75, 3.05) is 6.54 Å². The average Bonchev–Trinajstić information content (AvgIpc) is 2.53. The summed E-state index contributed by atoms with van der Waals surface area (Å²) in [6.07, 6.45) is 12.2. The van der Waals surface area contributed by atoms with Gasteiger partial charge in [-0.25, -0.2) is 0 Å². The van der Waals surface area contributed by atoms with Gasteiger partial charge in [0.25, 0.3) is 0 Å². The molecule has 23 heavy (non-hydrogen) atoms. The molecule has 0 aliphatic heterocycles. The maximum Gasteiger partial charge on any atom is 0.236 e. The number of carbonyl (C=O) groups is 2. The van der Waals surface area contributed by atoms with Crippen molar-refractivity contribution in [1.82, 2.24) is 10.6 Å². The predicted molar refractivity (Wildman–Crippen MR) is 101 cm³/mol. The Morgan fingerprint density at radius 2 is 1.57 bits per heavy atom. The smallest absolute Gasteiger partial charge is 0.236 e. The third-order valence-electron chi connectivity index (χ3n) is 4.59. The first-order valence-corrected chi connectivity index (χ1v) is 9.36. The van der Waals surface area contributed by atoms with Gasteiger partial charge >= 0.3 is 0 Å². The monoisotopic (exact) mass is 318 g/mol. The van der Waals surface area contributed by atoms with E-state index in [1.165, 1.54) is 57.8 Å². The molecular formula is C17H32B2N2O2. The summed E-state index contributed by atoms with van der Waals surface area (Å²) in [5.41, 5.74) is 0.677. The Morgan fingerprint density at radius 3 is 2.13 bits per heavy atom. The van der Waals surface area contributed by atoms with Gasteiger partial charge in [0.1, 0.15) is 0 Å². The van der Waals surface area contributed by atoms with Crippen LogP contribution >= 0.6 is 0 Å². The summed E-state index contributed by atoms with van der Waals surface area (Å²) in [6, 6.07) is 0. The van der Waals surface area contributed by atoms with Crippen LogP contribution in [-0.2, 0) is 0 Å². The highest BCUT2D eigenvalue weighted by Crippen LogP contribution is 2.25. The summed E-state index contributed by atoms with van der Waals surface area (Å²) in [5, 5.41) is 5.69. The largest absolute Gasteiger partial charge is 0.365 e. The van der Waals surface area contributed by atoms with Crippen molar-refractivity contribution < 1.29 is 9.59 Å². The normalized spacial score (nSPS) is 16.9. The highest BCUT2D eigenvalue weighted by Gasteiger charge is 2.16. The lowest BCUT2D eigenvalue weighted by molar-refractivity contribution is 0.258. The first-order valence-electron chi connectivity index (χ1n) is 9.36. The Kier molecular flexibility index (Phi) is 10.6. The minimum atomic E-state index is -0.0252. The molecule has 0 atom stereocenters. The Labute approximate surface area is 142 Å². The van der Waals surface area contributed by atoms with Crippen LogP contribution in [0.2, 0.25) is 12.6 Å². The lowest BCUT2D eigenvalue weighted by Gasteiger charge is -2.17. The molecule has 0 aromatic heterocycles. The average molecular weight is 318 g/mol. The number of carbonyl (C=O) groups excluding carboxylic acids is 2. The zero-order valence-electron chi connectivity index (χ0n) is 14.8. The quantitative estimate of drug-likeness (QED) is 0.705. The molecule has 2 N–H and O–H groups in total. The summed E-state index contributed by atoms with van der Waals surface area (Å²) in [5.74, 6) is 0.653.